The van der Waals surface area contributed by atoms with E-state index in [0.29, 0.717) is 13.0 Å². The van der Waals surface area contributed by atoms with Gasteiger partial charge in [-0.2, -0.15) is 16.9 Å². The molecule has 0 fully saturated rings. The number of aryl methyl sites for hydroxylation is 2. The molecule has 24 heavy (non-hydrogen) atoms. The molecule has 0 aliphatic carbocycles. The van der Waals surface area contributed by atoms with Crippen LogP contribution in [0.25, 0.3) is 5.69 Å². The van der Waals surface area contributed by atoms with Gasteiger partial charge in [-0.15, -0.1) is 0 Å². The lowest BCUT2D eigenvalue weighted by Crippen LogP contribution is -2.36. The minimum atomic E-state index is -0.929. The van der Waals surface area contributed by atoms with Gasteiger partial charge in [0.2, 0.25) is 0 Å². The second-order valence-electron chi connectivity index (χ2n) is 6.00. The number of hydrogen-bond acceptors (Lipinski definition) is 4. The number of aliphatic hydroxyl groups excluding tert-OH is 1. The first kappa shape index (κ1) is 18.5. The minimum Gasteiger partial charge on any atom is -0.383 e. The van der Waals surface area contributed by atoms with Crippen molar-refractivity contribution in [1.82, 2.24) is 14.7 Å². The Kier molecular flexibility index (Phi) is 6.45. The normalized spacial score (nSPS) is 12.2. The molecule has 0 aliphatic rings. The molecule has 0 aliphatic heterocycles. The predicted molar refractivity (Wildman–Crippen MR) is 98.5 cm³/mol. The Hall–Kier alpha value is -1.79. The highest BCUT2D eigenvalue weighted by Gasteiger charge is 2.19. The van der Waals surface area contributed by atoms with Crippen LogP contribution >= 0.6 is 11.8 Å². The molecule has 1 aromatic carbocycles. The van der Waals surface area contributed by atoms with E-state index in [1.165, 1.54) is 0 Å². The van der Waals surface area contributed by atoms with Crippen LogP contribution < -0.4 is 0 Å². The lowest BCUT2D eigenvalue weighted by molar-refractivity contribution is -0.139. The number of likely N-dealkylation sites (N-methyl/N-ethyl adjacent to an activating group) is 1. The summed E-state index contributed by atoms with van der Waals surface area (Å²) in [7, 11) is 1.72. The van der Waals surface area contributed by atoms with Gasteiger partial charge < -0.3 is 10.0 Å². The van der Waals surface area contributed by atoms with Gasteiger partial charge in [-0.3, -0.25) is 4.79 Å². The predicted octanol–water partition coefficient (Wildman–Crippen LogP) is 2.56. The zero-order valence-electron chi connectivity index (χ0n) is 14.7. The fourth-order valence-electron chi connectivity index (χ4n) is 2.64. The number of benzene rings is 1. The van der Waals surface area contributed by atoms with E-state index in [9.17, 15) is 9.90 Å². The smallest absolute Gasteiger partial charge is 0.251 e. The zero-order valence-corrected chi connectivity index (χ0v) is 15.5. The van der Waals surface area contributed by atoms with E-state index in [-0.39, 0.29) is 5.91 Å². The second kappa shape index (κ2) is 8.35. The lowest BCUT2D eigenvalue weighted by Gasteiger charge is -2.21. The van der Waals surface area contributed by atoms with Crippen molar-refractivity contribution in [1.29, 1.82) is 0 Å². The SMILES string of the molecule is CSCC[C@H](O)C(=O)N(C)Cc1cccc(-n2nc(C)cc2C)c1. The molecule has 0 radical (unpaired) electrons. The van der Waals surface area contributed by atoms with Crippen molar-refractivity contribution in [3.63, 3.8) is 0 Å². The van der Waals surface area contributed by atoms with Crippen LogP contribution in [0.2, 0.25) is 0 Å². The summed E-state index contributed by atoms with van der Waals surface area (Å²) in [5.74, 6) is 0.536. The summed E-state index contributed by atoms with van der Waals surface area (Å²) in [6, 6.07) is 10.00. The number of nitrogens with zero attached hydrogens (tertiary/aromatic N) is 3. The summed E-state index contributed by atoms with van der Waals surface area (Å²) in [6.45, 7) is 4.45. The lowest BCUT2D eigenvalue weighted by atomic mass is 10.1. The Morgan fingerprint density at radius 1 is 1.38 bits per heavy atom. The fraction of sp³-hybridized carbons (Fsp3) is 0.444. The summed E-state index contributed by atoms with van der Waals surface area (Å²) < 4.78 is 1.90. The third kappa shape index (κ3) is 4.61. The van der Waals surface area contributed by atoms with Crippen LogP contribution in [0.1, 0.15) is 23.4 Å². The van der Waals surface area contributed by atoms with E-state index in [0.717, 1.165) is 28.4 Å². The molecule has 130 valence electrons. The van der Waals surface area contributed by atoms with Crippen molar-refractivity contribution >= 4 is 17.7 Å². The quantitative estimate of drug-likeness (QED) is 0.836. The number of carbonyl (C=O) groups excluding carboxylic acids is 1. The Morgan fingerprint density at radius 3 is 2.75 bits per heavy atom. The van der Waals surface area contributed by atoms with E-state index >= 15 is 0 Å². The molecule has 0 spiro atoms. The third-order valence-electron chi connectivity index (χ3n) is 3.84. The summed E-state index contributed by atoms with van der Waals surface area (Å²) in [5, 5.41) is 14.4. The summed E-state index contributed by atoms with van der Waals surface area (Å²) >= 11 is 1.63. The van der Waals surface area contributed by atoms with Gasteiger partial charge in [0.25, 0.3) is 5.91 Å². The maximum Gasteiger partial charge on any atom is 0.251 e. The molecule has 2 aromatic rings. The molecule has 1 heterocycles. The highest BCUT2D eigenvalue weighted by Crippen LogP contribution is 2.15. The molecular formula is C18H25N3O2S. The first-order valence-electron chi connectivity index (χ1n) is 7.97. The Bertz CT molecular complexity index is 699. The molecule has 6 heteroatoms. The number of rotatable bonds is 7. The standard InChI is InChI=1S/C18H25N3O2S/c1-13-10-14(2)21(19-13)16-7-5-6-15(11-16)12-20(3)18(23)17(22)8-9-24-4/h5-7,10-11,17,22H,8-9,12H2,1-4H3/t17-/m0/s1. The third-order valence-corrected chi connectivity index (χ3v) is 4.49. The Balaban J connectivity index is 2.09. The van der Waals surface area contributed by atoms with Gasteiger partial charge >= 0.3 is 0 Å². The van der Waals surface area contributed by atoms with Crippen molar-refractivity contribution in [2.75, 3.05) is 19.1 Å². The minimum absolute atomic E-state index is 0.236. The zero-order chi connectivity index (χ0) is 17.7. The highest BCUT2D eigenvalue weighted by molar-refractivity contribution is 7.98. The first-order valence-corrected chi connectivity index (χ1v) is 9.36. The van der Waals surface area contributed by atoms with Crippen LogP contribution in [0.4, 0.5) is 0 Å². The van der Waals surface area contributed by atoms with Gasteiger partial charge in [-0.1, -0.05) is 12.1 Å². The molecule has 1 amide bonds. The average Bonchev–Trinajstić information content (AvgIpc) is 2.90. The van der Waals surface area contributed by atoms with Gasteiger partial charge in [0.1, 0.15) is 6.10 Å². The van der Waals surface area contributed by atoms with Crippen LogP contribution in [0.5, 0.6) is 0 Å². The second-order valence-corrected chi connectivity index (χ2v) is 6.99. The van der Waals surface area contributed by atoms with Crippen LogP contribution in [-0.2, 0) is 11.3 Å². The van der Waals surface area contributed by atoms with Gasteiger partial charge in [-0.05, 0) is 56.0 Å². The van der Waals surface area contributed by atoms with Crippen LogP contribution in [0.15, 0.2) is 30.3 Å². The number of aromatic nitrogens is 2. The fourth-order valence-corrected chi connectivity index (χ4v) is 3.09. The molecular weight excluding hydrogens is 322 g/mol. The van der Waals surface area contributed by atoms with Gasteiger partial charge in [0.05, 0.1) is 11.4 Å². The van der Waals surface area contributed by atoms with Crippen LogP contribution in [0, 0.1) is 13.8 Å². The molecule has 1 N–H and O–H groups in total. The maximum atomic E-state index is 12.2. The molecule has 1 aromatic heterocycles. The largest absolute Gasteiger partial charge is 0.383 e. The summed E-state index contributed by atoms with van der Waals surface area (Å²) in [5.41, 5.74) is 4.03. The van der Waals surface area contributed by atoms with E-state index < -0.39 is 6.10 Å². The van der Waals surface area contributed by atoms with Crippen molar-refractivity contribution in [2.45, 2.75) is 32.9 Å². The Morgan fingerprint density at radius 2 is 2.12 bits per heavy atom. The maximum absolute atomic E-state index is 12.2. The molecule has 0 saturated carbocycles. The number of amides is 1. The van der Waals surface area contributed by atoms with Gasteiger partial charge in [-0.25, -0.2) is 4.68 Å². The topological polar surface area (TPSA) is 58.4 Å². The van der Waals surface area contributed by atoms with E-state index in [1.54, 1.807) is 23.7 Å². The van der Waals surface area contributed by atoms with E-state index in [2.05, 4.69) is 5.10 Å². The van der Waals surface area contributed by atoms with Crippen LogP contribution in [-0.4, -0.2) is 50.9 Å². The molecule has 2 rings (SSSR count). The highest BCUT2D eigenvalue weighted by atomic mass is 32.2. The number of carbonyl (C=O) groups is 1. The molecule has 0 unspecified atom stereocenters. The molecule has 1 atom stereocenters. The van der Waals surface area contributed by atoms with Gasteiger partial charge in [0.15, 0.2) is 0 Å². The van der Waals surface area contributed by atoms with Crippen molar-refractivity contribution < 1.29 is 9.90 Å². The molecule has 0 saturated heterocycles. The monoisotopic (exact) mass is 347 g/mol. The summed E-state index contributed by atoms with van der Waals surface area (Å²) in [4.78, 5) is 13.8. The van der Waals surface area contributed by atoms with Crippen molar-refractivity contribution in [2.24, 2.45) is 0 Å². The van der Waals surface area contributed by atoms with Crippen LogP contribution in [0.3, 0.4) is 0 Å². The van der Waals surface area contributed by atoms with E-state index in [4.69, 9.17) is 0 Å². The molecule has 0 bridgehead atoms. The summed E-state index contributed by atoms with van der Waals surface area (Å²) in [6.07, 6.45) is 1.52. The number of aliphatic hydroxyl groups is 1. The number of hydrogen-bond donors (Lipinski definition) is 1. The van der Waals surface area contributed by atoms with Crippen molar-refractivity contribution in [3.05, 3.63) is 47.3 Å². The van der Waals surface area contributed by atoms with Gasteiger partial charge in [0, 0.05) is 19.3 Å². The molecule has 5 nitrogen and oxygen atoms in total. The Labute approximate surface area is 147 Å². The van der Waals surface area contributed by atoms with Crippen molar-refractivity contribution in [3.8, 4) is 5.69 Å². The number of thioether (sulfide) groups is 1. The first-order chi connectivity index (χ1) is 11.4. The van der Waals surface area contributed by atoms with E-state index in [1.807, 2.05) is 55.1 Å². The average molecular weight is 347 g/mol.